The first-order chi connectivity index (χ1) is 11.3. The van der Waals surface area contributed by atoms with Gasteiger partial charge >= 0.3 is 6.09 Å². The van der Waals surface area contributed by atoms with Gasteiger partial charge in [0.25, 0.3) is 0 Å². The first-order valence-corrected chi connectivity index (χ1v) is 8.67. The molecule has 1 fully saturated rings. The number of aryl methyl sites for hydroxylation is 1. The molecule has 0 spiro atoms. The summed E-state index contributed by atoms with van der Waals surface area (Å²) < 4.78 is 5.42. The Kier molecular flexibility index (Phi) is 4.63. The number of piperazine rings is 1. The molecule has 1 aromatic rings. The van der Waals surface area contributed by atoms with Crippen LogP contribution in [0.2, 0.25) is 0 Å². The monoisotopic (exact) mass is 330 g/mol. The van der Waals surface area contributed by atoms with Gasteiger partial charge in [0.1, 0.15) is 5.60 Å². The van der Waals surface area contributed by atoms with E-state index in [-0.39, 0.29) is 11.9 Å². The van der Waals surface area contributed by atoms with Gasteiger partial charge in [0.15, 0.2) is 5.78 Å². The lowest BCUT2D eigenvalue weighted by molar-refractivity contribution is 0.0139. The van der Waals surface area contributed by atoms with Gasteiger partial charge in [0.05, 0.1) is 0 Å². The Morgan fingerprint density at radius 2 is 1.83 bits per heavy atom. The minimum atomic E-state index is -0.453. The molecule has 3 rings (SSSR count). The number of nitrogens with zero attached hydrogens (tertiary/aromatic N) is 2. The Morgan fingerprint density at radius 3 is 2.50 bits per heavy atom. The molecule has 1 aliphatic carbocycles. The van der Waals surface area contributed by atoms with Crippen molar-refractivity contribution in [2.45, 2.75) is 45.8 Å². The average Bonchev–Trinajstić information content (AvgIpc) is 2.87. The highest BCUT2D eigenvalue weighted by Gasteiger charge is 2.26. The van der Waals surface area contributed by atoms with Crippen LogP contribution in [-0.4, -0.2) is 53.5 Å². The maximum Gasteiger partial charge on any atom is 0.410 e. The molecule has 5 heteroatoms. The predicted octanol–water partition coefficient (Wildman–Crippen LogP) is 2.87. The third kappa shape index (κ3) is 3.96. The molecule has 0 unspecified atom stereocenters. The number of ketones is 1. The fourth-order valence-corrected chi connectivity index (χ4v) is 3.26. The minimum absolute atomic E-state index is 0.231. The van der Waals surface area contributed by atoms with Gasteiger partial charge in [0, 0.05) is 44.7 Å². The highest BCUT2D eigenvalue weighted by Crippen LogP contribution is 2.23. The van der Waals surface area contributed by atoms with Gasteiger partial charge in [-0.15, -0.1) is 0 Å². The van der Waals surface area contributed by atoms with E-state index in [1.165, 1.54) is 11.1 Å². The van der Waals surface area contributed by atoms with Crippen molar-refractivity contribution in [1.29, 1.82) is 0 Å². The van der Waals surface area contributed by atoms with Crippen LogP contribution in [0.3, 0.4) is 0 Å². The third-order valence-electron chi connectivity index (χ3n) is 4.53. The second-order valence-corrected chi connectivity index (χ2v) is 7.66. The van der Waals surface area contributed by atoms with E-state index in [0.717, 1.165) is 31.6 Å². The molecule has 0 radical (unpaired) electrons. The van der Waals surface area contributed by atoms with E-state index in [0.29, 0.717) is 19.5 Å². The Balaban J connectivity index is 1.54. The molecule has 1 aromatic carbocycles. The number of hydrogen-bond donors (Lipinski definition) is 0. The highest BCUT2D eigenvalue weighted by molar-refractivity contribution is 6.00. The van der Waals surface area contributed by atoms with Crippen LogP contribution in [0.15, 0.2) is 18.2 Å². The average molecular weight is 330 g/mol. The van der Waals surface area contributed by atoms with Crippen LogP contribution in [0.5, 0.6) is 0 Å². The SMILES string of the molecule is CC(C)(C)OC(=O)N1CCN(Cc2ccc3c(c2)C(=O)CC3)CC1. The molecule has 1 aliphatic heterocycles. The van der Waals surface area contributed by atoms with Crippen molar-refractivity contribution in [3.05, 3.63) is 34.9 Å². The summed E-state index contributed by atoms with van der Waals surface area (Å²) in [6.45, 7) is 9.48. The third-order valence-corrected chi connectivity index (χ3v) is 4.53. The van der Waals surface area contributed by atoms with E-state index in [4.69, 9.17) is 4.74 Å². The summed E-state index contributed by atoms with van der Waals surface area (Å²) in [5, 5.41) is 0. The molecule has 0 aromatic heterocycles. The summed E-state index contributed by atoms with van der Waals surface area (Å²) in [6, 6.07) is 6.26. The van der Waals surface area contributed by atoms with Crippen molar-refractivity contribution in [2.75, 3.05) is 26.2 Å². The summed E-state index contributed by atoms with van der Waals surface area (Å²) in [7, 11) is 0. The van der Waals surface area contributed by atoms with Gasteiger partial charge in [-0.3, -0.25) is 9.69 Å². The summed E-state index contributed by atoms with van der Waals surface area (Å²) >= 11 is 0. The van der Waals surface area contributed by atoms with Crippen LogP contribution in [-0.2, 0) is 17.7 Å². The van der Waals surface area contributed by atoms with Gasteiger partial charge in [0.2, 0.25) is 0 Å². The van der Waals surface area contributed by atoms with E-state index >= 15 is 0 Å². The summed E-state index contributed by atoms with van der Waals surface area (Å²) in [5.41, 5.74) is 2.80. The van der Waals surface area contributed by atoms with Crippen molar-refractivity contribution in [2.24, 2.45) is 0 Å². The van der Waals surface area contributed by atoms with Crippen molar-refractivity contribution < 1.29 is 14.3 Å². The number of ether oxygens (including phenoxy) is 1. The van der Waals surface area contributed by atoms with E-state index < -0.39 is 5.60 Å². The Morgan fingerprint density at radius 1 is 1.12 bits per heavy atom. The maximum atomic E-state index is 12.1. The van der Waals surface area contributed by atoms with E-state index in [1.807, 2.05) is 26.8 Å². The van der Waals surface area contributed by atoms with Gasteiger partial charge in [-0.2, -0.15) is 0 Å². The molecule has 1 saturated heterocycles. The summed E-state index contributed by atoms with van der Waals surface area (Å²) in [5.74, 6) is 0.265. The number of fused-ring (bicyclic) bond motifs is 1. The molecular formula is C19H26N2O3. The molecule has 5 nitrogen and oxygen atoms in total. The van der Waals surface area contributed by atoms with Crippen LogP contribution in [0.4, 0.5) is 4.79 Å². The van der Waals surface area contributed by atoms with Gasteiger partial charge < -0.3 is 9.64 Å². The summed E-state index contributed by atoms with van der Waals surface area (Å²) in [6.07, 6.45) is 1.29. The van der Waals surface area contributed by atoms with E-state index in [9.17, 15) is 9.59 Å². The Labute approximate surface area is 143 Å². The summed E-state index contributed by atoms with van der Waals surface area (Å²) in [4.78, 5) is 28.1. The smallest absolute Gasteiger partial charge is 0.410 e. The Bertz CT molecular complexity index is 641. The van der Waals surface area contributed by atoms with E-state index in [1.54, 1.807) is 4.90 Å². The standard InChI is InChI=1S/C19H26N2O3/c1-19(2,3)24-18(23)21-10-8-20(9-11-21)13-14-4-5-15-6-7-17(22)16(15)12-14/h4-5,12H,6-11,13H2,1-3H3. The van der Waals surface area contributed by atoms with Crippen LogP contribution >= 0.6 is 0 Å². The zero-order chi connectivity index (χ0) is 17.3. The number of carbonyl (C=O) groups excluding carboxylic acids is 2. The van der Waals surface area contributed by atoms with E-state index in [2.05, 4.69) is 17.0 Å². The molecule has 1 amide bonds. The van der Waals surface area contributed by atoms with Gasteiger partial charge in [-0.1, -0.05) is 12.1 Å². The quantitative estimate of drug-likeness (QED) is 0.837. The number of amides is 1. The zero-order valence-electron chi connectivity index (χ0n) is 14.8. The first-order valence-electron chi connectivity index (χ1n) is 8.67. The van der Waals surface area contributed by atoms with Crippen LogP contribution in [0, 0.1) is 0 Å². The fraction of sp³-hybridized carbons (Fsp3) is 0.579. The number of Topliss-reactive ketones (excluding diaryl/α,β-unsaturated/α-hetero) is 1. The molecule has 2 aliphatic rings. The highest BCUT2D eigenvalue weighted by atomic mass is 16.6. The zero-order valence-corrected chi connectivity index (χ0v) is 14.8. The molecule has 1 heterocycles. The first kappa shape index (κ1) is 17.0. The predicted molar refractivity (Wildman–Crippen MR) is 92.2 cm³/mol. The number of benzene rings is 1. The number of hydrogen-bond acceptors (Lipinski definition) is 4. The fourth-order valence-electron chi connectivity index (χ4n) is 3.26. The molecule has 0 saturated carbocycles. The van der Waals surface area contributed by atoms with Gasteiger partial charge in [-0.25, -0.2) is 4.79 Å². The topological polar surface area (TPSA) is 49.9 Å². The molecule has 0 bridgehead atoms. The Hall–Kier alpha value is -1.88. The van der Waals surface area contributed by atoms with Gasteiger partial charge in [-0.05, 0) is 44.4 Å². The second-order valence-electron chi connectivity index (χ2n) is 7.66. The maximum absolute atomic E-state index is 12.1. The van der Waals surface area contributed by atoms with Crippen LogP contribution in [0.25, 0.3) is 0 Å². The van der Waals surface area contributed by atoms with Crippen molar-refractivity contribution in [3.8, 4) is 0 Å². The molecule has 24 heavy (non-hydrogen) atoms. The minimum Gasteiger partial charge on any atom is -0.444 e. The molecule has 0 atom stereocenters. The molecular weight excluding hydrogens is 304 g/mol. The largest absolute Gasteiger partial charge is 0.444 e. The number of rotatable bonds is 2. The second kappa shape index (κ2) is 6.55. The molecule has 0 N–H and O–H groups in total. The normalized spacial score (nSPS) is 18.6. The number of carbonyl (C=O) groups is 2. The van der Waals surface area contributed by atoms with Crippen LogP contribution < -0.4 is 0 Å². The molecule has 130 valence electrons. The lowest BCUT2D eigenvalue weighted by atomic mass is 10.1. The lowest BCUT2D eigenvalue weighted by Crippen LogP contribution is -2.49. The van der Waals surface area contributed by atoms with Crippen molar-refractivity contribution in [3.63, 3.8) is 0 Å². The van der Waals surface area contributed by atoms with Crippen LogP contribution in [0.1, 0.15) is 48.7 Å². The lowest BCUT2D eigenvalue weighted by Gasteiger charge is -2.35. The van der Waals surface area contributed by atoms with Crippen molar-refractivity contribution in [1.82, 2.24) is 9.80 Å². The van der Waals surface area contributed by atoms with Crippen molar-refractivity contribution >= 4 is 11.9 Å².